The smallest absolute Gasteiger partial charge is 0.333 e. The highest BCUT2D eigenvalue weighted by Gasteiger charge is 2.22. The van der Waals surface area contributed by atoms with Crippen molar-refractivity contribution in [3.05, 3.63) is 12.2 Å². The fourth-order valence-corrected chi connectivity index (χ4v) is 2.80. The Kier molecular flexibility index (Phi) is 6.45. The second-order valence-electron chi connectivity index (χ2n) is 6.08. The third-order valence-electron chi connectivity index (χ3n) is 4.17. The predicted octanol–water partition coefficient (Wildman–Crippen LogP) is 4.35. The topological polar surface area (TPSA) is 26.3 Å². The first-order valence-electron chi connectivity index (χ1n) is 7.33. The van der Waals surface area contributed by atoms with Crippen LogP contribution in [-0.4, -0.2) is 12.6 Å². The highest BCUT2D eigenvalue weighted by Crippen LogP contribution is 2.35. The molecule has 1 rings (SSSR count). The van der Waals surface area contributed by atoms with Crippen molar-refractivity contribution in [3.63, 3.8) is 0 Å². The van der Waals surface area contributed by atoms with Crippen LogP contribution in [0.15, 0.2) is 12.2 Å². The molecule has 2 nitrogen and oxygen atoms in total. The van der Waals surface area contributed by atoms with E-state index in [0.717, 1.165) is 24.2 Å². The SMILES string of the molecule is C=C(C)C(=O)OCCCC1CCC(C(C)C)CC1. The first kappa shape index (κ1) is 15.3. The Balaban J connectivity index is 2.08. The number of rotatable bonds is 6. The van der Waals surface area contributed by atoms with E-state index in [9.17, 15) is 4.79 Å². The predicted molar refractivity (Wildman–Crippen MR) is 75.3 cm³/mol. The number of carbonyl (C=O) groups is 1. The number of hydrogen-bond acceptors (Lipinski definition) is 2. The largest absolute Gasteiger partial charge is 0.462 e. The van der Waals surface area contributed by atoms with Gasteiger partial charge in [0.25, 0.3) is 0 Å². The molecule has 0 radical (unpaired) electrons. The maximum Gasteiger partial charge on any atom is 0.333 e. The summed E-state index contributed by atoms with van der Waals surface area (Å²) >= 11 is 0. The zero-order valence-electron chi connectivity index (χ0n) is 12.2. The Morgan fingerprint density at radius 2 is 1.89 bits per heavy atom. The molecule has 0 N–H and O–H groups in total. The maximum absolute atomic E-state index is 11.2. The van der Waals surface area contributed by atoms with Gasteiger partial charge in [-0.25, -0.2) is 4.79 Å². The van der Waals surface area contributed by atoms with E-state index in [2.05, 4.69) is 20.4 Å². The minimum absolute atomic E-state index is 0.251. The summed E-state index contributed by atoms with van der Waals surface area (Å²) in [6.07, 6.45) is 7.68. The third kappa shape index (κ3) is 5.24. The van der Waals surface area contributed by atoms with Crippen molar-refractivity contribution in [2.24, 2.45) is 17.8 Å². The van der Waals surface area contributed by atoms with Gasteiger partial charge in [0.15, 0.2) is 0 Å². The second-order valence-corrected chi connectivity index (χ2v) is 6.08. The van der Waals surface area contributed by atoms with Crippen LogP contribution in [0.2, 0.25) is 0 Å². The number of ether oxygens (including phenoxy) is 1. The summed E-state index contributed by atoms with van der Waals surface area (Å²) in [5.74, 6) is 2.37. The summed E-state index contributed by atoms with van der Waals surface area (Å²) in [4.78, 5) is 11.2. The monoisotopic (exact) mass is 252 g/mol. The van der Waals surface area contributed by atoms with E-state index in [4.69, 9.17) is 4.74 Å². The molecule has 18 heavy (non-hydrogen) atoms. The second kappa shape index (κ2) is 7.60. The van der Waals surface area contributed by atoms with Crippen LogP contribution >= 0.6 is 0 Å². The van der Waals surface area contributed by atoms with E-state index in [-0.39, 0.29) is 5.97 Å². The lowest BCUT2D eigenvalue weighted by molar-refractivity contribution is -0.139. The summed E-state index contributed by atoms with van der Waals surface area (Å²) in [5.41, 5.74) is 0.493. The van der Waals surface area contributed by atoms with Gasteiger partial charge in [0, 0.05) is 5.57 Å². The van der Waals surface area contributed by atoms with Gasteiger partial charge in [0.2, 0.25) is 0 Å². The van der Waals surface area contributed by atoms with Crippen LogP contribution in [0.5, 0.6) is 0 Å². The number of esters is 1. The van der Waals surface area contributed by atoms with Crippen molar-refractivity contribution >= 4 is 5.97 Å². The van der Waals surface area contributed by atoms with Gasteiger partial charge in [0.05, 0.1) is 6.61 Å². The molecule has 1 saturated carbocycles. The van der Waals surface area contributed by atoms with E-state index in [0.29, 0.717) is 12.2 Å². The van der Waals surface area contributed by atoms with Crippen molar-refractivity contribution < 1.29 is 9.53 Å². The van der Waals surface area contributed by atoms with E-state index in [1.165, 1.54) is 32.1 Å². The molecule has 0 atom stereocenters. The van der Waals surface area contributed by atoms with Crippen LogP contribution in [0.4, 0.5) is 0 Å². The van der Waals surface area contributed by atoms with Crippen LogP contribution < -0.4 is 0 Å². The molecule has 104 valence electrons. The molecular weight excluding hydrogens is 224 g/mol. The van der Waals surface area contributed by atoms with Crippen LogP contribution in [0.1, 0.15) is 59.3 Å². The van der Waals surface area contributed by atoms with E-state index >= 15 is 0 Å². The van der Waals surface area contributed by atoms with Crippen LogP contribution in [0, 0.1) is 17.8 Å². The summed E-state index contributed by atoms with van der Waals surface area (Å²) in [7, 11) is 0. The molecule has 1 aliphatic carbocycles. The van der Waals surface area contributed by atoms with Crippen molar-refractivity contribution in [2.75, 3.05) is 6.61 Å². The highest BCUT2D eigenvalue weighted by atomic mass is 16.5. The Hall–Kier alpha value is -0.790. The zero-order valence-corrected chi connectivity index (χ0v) is 12.2. The molecule has 0 aliphatic heterocycles. The average molecular weight is 252 g/mol. The van der Waals surface area contributed by atoms with Crippen LogP contribution in [0.25, 0.3) is 0 Å². The zero-order chi connectivity index (χ0) is 13.5. The molecular formula is C16H28O2. The van der Waals surface area contributed by atoms with Gasteiger partial charge in [-0.1, -0.05) is 33.3 Å². The molecule has 2 heteroatoms. The number of carbonyl (C=O) groups excluding carboxylic acids is 1. The van der Waals surface area contributed by atoms with Crippen molar-refractivity contribution in [1.29, 1.82) is 0 Å². The molecule has 0 bridgehead atoms. The molecule has 0 heterocycles. The molecule has 0 amide bonds. The van der Waals surface area contributed by atoms with E-state index in [1.807, 2.05) is 0 Å². The fourth-order valence-electron chi connectivity index (χ4n) is 2.80. The van der Waals surface area contributed by atoms with Gasteiger partial charge >= 0.3 is 5.97 Å². The van der Waals surface area contributed by atoms with Gasteiger partial charge in [0.1, 0.15) is 0 Å². The van der Waals surface area contributed by atoms with Gasteiger partial charge in [-0.2, -0.15) is 0 Å². The lowest BCUT2D eigenvalue weighted by Gasteiger charge is -2.30. The molecule has 0 aromatic rings. The van der Waals surface area contributed by atoms with Crippen molar-refractivity contribution in [1.82, 2.24) is 0 Å². The average Bonchev–Trinajstić information content (AvgIpc) is 2.34. The minimum Gasteiger partial charge on any atom is -0.462 e. The summed E-state index contributed by atoms with van der Waals surface area (Å²) < 4.78 is 5.12. The first-order valence-corrected chi connectivity index (χ1v) is 7.33. The Morgan fingerprint density at radius 1 is 1.28 bits per heavy atom. The van der Waals surface area contributed by atoms with Crippen LogP contribution in [-0.2, 0) is 9.53 Å². The Labute approximate surface area is 112 Å². The standard InChI is InChI=1S/C16H28O2/c1-12(2)15-9-7-14(8-10-15)6-5-11-18-16(17)13(3)4/h12,14-15H,3,5-11H2,1-2,4H3. The molecule has 1 aliphatic rings. The van der Waals surface area contributed by atoms with Crippen molar-refractivity contribution in [3.8, 4) is 0 Å². The molecule has 1 fully saturated rings. The summed E-state index contributed by atoms with van der Waals surface area (Å²) in [6, 6.07) is 0. The van der Waals surface area contributed by atoms with Gasteiger partial charge in [-0.15, -0.1) is 0 Å². The third-order valence-corrected chi connectivity index (χ3v) is 4.17. The lowest BCUT2D eigenvalue weighted by atomic mass is 9.76. The van der Waals surface area contributed by atoms with Crippen LogP contribution in [0.3, 0.4) is 0 Å². The molecule has 0 spiro atoms. The van der Waals surface area contributed by atoms with E-state index in [1.54, 1.807) is 6.92 Å². The molecule has 0 aromatic carbocycles. The Bertz CT molecular complexity index is 273. The first-order chi connectivity index (χ1) is 8.50. The molecule has 0 saturated heterocycles. The van der Waals surface area contributed by atoms with E-state index < -0.39 is 0 Å². The Morgan fingerprint density at radius 3 is 2.39 bits per heavy atom. The lowest BCUT2D eigenvalue weighted by Crippen LogP contribution is -2.19. The normalized spacial score (nSPS) is 24.0. The quantitative estimate of drug-likeness (QED) is 0.399. The molecule has 0 unspecified atom stereocenters. The molecule has 0 aromatic heterocycles. The number of hydrogen-bond donors (Lipinski definition) is 0. The van der Waals surface area contributed by atoms with Gasteiger partial charge < -0.3 is 4.74 Å². The van der Waals surface area contributed by atoms with Crippen molar-refractivity contribution in [2.45, 2.75) is 59.3 Å². The minimum atomic E-state index is -0.251. The van der Waals surface area contributed by atoms with Gasteiger partial charge in [-0.3, -0.25) is 0 Å². The van der Waals surface area contributed by atoms with Gasteiger partial charge in [-0.05, 0) is 50.4 Å². The summed E-state index contributed by atoms with van der Waals surface area (Å²) in [5, 5.41) is 0. The maximum atomic E-state index is 11.2. The summed E-state index contributed by atoms with van der Waals surface area (Å²) in [6.45, 7) is 10.5. The fraction of sp³-hybridized carbons (Fsp3) is 0.812. The highest BCUT2D eigenvalue weighted by molar-refractivity contribution is 5.86.